The molecule has 182 valence electrons. The SMILES string of the molecule is CC12COC(Cc3ccccc3)OC1CCC1(C)C(CC(=O)N3CCC(O)C3)C(O)CCC21. The summed E-state index contributed by atoms with van der Waals surface area (Å²) in [6, 6.07) is 10.3. The summed E-state index contributed by atoms with van der Waals surface area (Å²) in [5.41, 5.74) is 0.972. The van der Waals surface area contributed by atoms with Crippen molar-refractivity contribution in [3.63, 3.8) is 0 Å². The molecule has 4 aliphatic rings. The number of ether oxygens (including phenoxy) is 2. The Morgan fingerprint density at radius 2 is 1.88 bits per heavy atom. The average Bonchev–Trinajstić information content (AvgIpc) is 3.23. The fourth-order valence-corrected chi connectivity index (χ4v) is 7.49. The van der Waals surface area contributed by atoms with Crippen LogP contribution in [0.15, 0.2) is 30.3 Å². The van der Waals surface area contributed by atoms with Gasteiger partial charge in [-0.05, 0) is 54.9 Å². The summed E-state index contributed by atoms with van der Waals surface area (Å²) in [4.78, 5) is 14.8. The van der Waals surface area contributed by atoms with Gasteiger partial charge in [-0.15, -0.1) is 0 Å². The van der Waals surface area contributed by atoms with Crippen molar-refractivity contribution in [2.75, 3.05) is 19.7 Å². The molecule has 6 nitrogen and oxygen atoms in total. The molecule has 2 saturated carbocycles. The van der Waals surface area contributed by atoms with Crippen LogP contribution >= 0.6 is 0 Å². The summed E-state index contributed by atoms with van der Waals surface area (Å²) in [6.45, 7) is 6.28. The molecule has 2 aliphatic heterocycles. The second-order valence-corrected chi connectivity index (χ2v) is 11.4. The number of aliphatic hydroxyl groups is 2. The van der Waals surface area contributed by atoms with Crippen molar-refractivity contribution in [3.05, 3.63) is 35.9 Å². The van der Waals surface area contributed by atoms with Gasteiger partial charge < -0.3 is 24.6 Å². The van der Waals surface area contributed by atoms with E-state index in [0.29, 0.717) is 38.5 Å². The zero-order valence-electron chi connectivity index (χ0n) is 20.0. The van der Waals surface area contributed by atoms with E-state index < -0.39 is 12.2 Å². The maximum absolute atomic E-state index is 13.1. The number of benzene rings is 1. The van der Waals surface area contributed by atoms with Crippen LogP contribution in [0.3, 0.4) is 0 Å². The Bertz CT molecular complexity index is 848. The Labute approximate surface area is 197 Å². The number of carbonyl (C=O) groups is 1. The monoisotopic (exact) mass is 457 g/mol. The van der Waals surface area contributed by atoms with E-state index in [2.05, 4.69) is 26.0 Å². The number of likely N-dealkylation sites (tertiary alicyclic amines) is 1. The molecule has 2 aliphatic carbocycles. The first-order valence-electron chi connectivity index (χ1n) is 12.7. The molecule has 1 amide bonds. The summed E-state index contributed by atoms with van der Waals surface area (Å²) in [6.07, 6.45) is 4.35. The highest BCUT2D eigenvalue weighted by Gasteiger charge is 2.61. The third kappa shape index (κ3) is 4.24. The Morgan fingerprint density at radius 3 is 2.61 bits per heavy atom. The number of rotatable bonds is 4. The third-order valence-electron chi connectivity index (χ3n) is 9.39. The van der Waals surface area contributed by atoms with E-state index in [-0.39, 0.29) is 35.0 Å². The summed E-state index contributed by atoms with van der Waals surface area (Å²) in [5, 5.41) is 20.9. The molecule has 2 saturated heterocycles. The van der Waals surface area contributed by atoms with Crippen LogP contribution in [0, 0.1) is 22.7 Å². The van der Waals surface area contributed by atoms with Gasteiger partial charge >= 0.3 is 0 Å². The number of carbonyl (C=O) groups excluding carboxylic acids is 1. The standard InChI is InChI=1S/C27H39NO5/c1-26-12-10-23-27(2,17-32-25(33-23)14-18-6-4-3-5-7-18)22(26)9-8-21(30)20(26)15-24(31)28-13-11-19(29)16-28/h3-7,19-23,25,29-30H,8-17H2,1-2H3. The highest BCUT2D eigenvalue weighted by atomic mass is 16.7. The Kier molecular flexibility index (Phi) is 6.32. The molecule has 2 N–H and O–H groups in total. The summed E-state index contributed by atoms with van der Waals surface area (Å²) in [5.74, 6) is 0.344. The molecule has 0 spiro atoms. The van der Waals surface area contributed by atoms with E-state index in [4.69, 9.17) is 9.47 Å². The minimum absolute atomic E-state index is 0.0682. The fraction of sp³-hybridized carbons (Fsp3) is 0.741. The normalized spacial score (nSPS) is 43.1. The van der Waals surface area contributed by atoms with E-state index in [1.807, 2.05) is 18.2 Å². The fourth-order valence-electron chi connectivity index (χ4n) is 7.49. The van der Waals surface area contributed by atoms with Crippen molar-refractivity contribution in [1.29, 1.82) is 0 Å². The van der Waals surface area contributed by atoms with Gasteiger partial charge in [0.2, 0.25) is 5.91 Å². The summed E-state index contributed by atoms with van der Waals surface area (Å²) in [7, 11) is 0. The number of β-amino-alcohol motifs (C(OH)–C–C–N with tert-alkyl or cyclic N) is 1. The van der Waals surface area contributed by atoms with Gasteiger partial charge in [-0.2, -0.15) is 0 Å². The molecule has 0 radical (unpaired) electrons. The van der Waals surface area contributed by atoms with Crippen LogP contribution in [0.25, 0.3) is 0 Å². The molecule has 5 rings (SSSR count). The van der Waals surface area contributed by atoms with E-state index in [9.17, 15) is 15.0 Å². The molecule has 1 aromatic carbocycles. The van der Waals surface area contributed by atoms with E-state index in [0.717, 1.165) is 32.1 Å². The number of fused-ring (bicyclic) bond motifs is 3. The zero-order chi connectivity index (χ0) is 23.2. The first kappa shape index (κ1) is 23.3. The Balaban J connectivity index is 1.30. The highest BCUT2D eigenvalue weighted by Crippen LogP contribution is 2.62. The molecule has 1 aromatic rings. The number of hydrogen-bond acceptors (Lipinski definition) is 5. The van der Waals surface area contributed by atoms with Crippen LogP contribution in [0.5, 0.6) is 0 Å². The van der Waals surface area contributed by atoms with Gasteiger partial charge in [0.15, 0.2) is 6.29 Å². The second kappa shape index (κ2) is 8.95. The van der Waals surface area contributed by atoms with Crippen molar-refractivity contribution >= 4 is 5.91 Å². The molecule has 4 fully saturated rings. The van der Waals surface area contributed by atoms with Crippen LogP contribution in [0.4, 0.5) is 0 Å². The first-order valence-corrected chi connectivity index (χ1v) is 12.7. The van der Waals surface area contributed by atoms with Crippen molar-refractivity contribution in [2.24, 2.45) is 22.7 Å². The number of amides is 1. The van der Waals surface area contributed by atoms with Crippen LogP contribution in [-0.2, 0) is 20.7 Å². The van der Waals surface area contributed by atoms with Gasteiger partial charge in [-0.3, -0.25) is 4.79 Å². The number of nitrogens with zero attached hydrogens (tertiary/aromatic N) is 1. The van der Waals surface area contributed by atoms with E-state index in [1.54, 1.807) is 4.90 Å². The predicted molar refractivity (Wildman–Crippen MR) is 124 cm³/mol. The third-order valence-corrected chi connectivity index (χ3v) is 9.39. The van der Waals surface area contributed by atoms with E-state index >= 15 is 0 Å². The van der Waals surface area contributed by atoms with Crippen molar-refractivity contribution in [3.8, 4) is 0 Å². The smallest absolute Gasteiger partial charge is 0.223 e. The molecule has 2 heterocycles. The maximum Gasteiger partial charge on any atom is 0.223 e. The zero-order valence-corrected chi connectivity index (χ0v) is 20.0. The minimum Gasteiger partial charge on any atom is -0.393 e. The lowest BCUT2D eigenvalue weighted by Gasteiger charge is -2.63. The second-order valence-electron chi connectivity index (χ2n) is 11.4. The van der Waals surface area contributed by atoms with Crippen LogP contribution in [0.1, 0.15) is 57.9 Å². The van der Waals surface area contributed by atoms with Crippen molar-refractivity contribution in [1.82, 2.24) is 4.90 Å². The van der Waals surface area contributed by atoms with Gasteiger partial charge in [0.25, 0.3) is 0 Å². The lowest BCUT2D eigenvalue weighted by Crippen LogP contribution is -2.63. The average molecular weight is 458 g/mol. The summed E-state index contributed by atoms with van der Waals surface area (Å²) < 4.78 is 12.8. The molecule has 0 aromatic heterocycles. The summed E-state index contributed by atoms with van der Waals surface area (Å²) >= 11 is 0. The maximum atomic E-state index is 13.1. The molecule has 8 atom stereocenters. The van der Waals surface area contributed by atoms with Crippen LogP contribution in [0.2, 0.25) is 0 Å². The molecule has 6 heteroatoms. The molecular formula is C27H39NO5. The van der Waals surface area contributed by atoms with Gasteiger partial charge in [0, 0.05) is 31.3 Å². The molecule has 0 bridgehead atoms. The Morgan fingerprint density at radius 1 is 1.09 bits per heavy atom. The number of hydrogen-bond donors (Lipinski definition) is 2. The van der Waals surface area contributed by atoms with Crippen molar-refractivity contribution < 1.29 is 24.5 Å². The van der Waals surface area contributed by atoms with Gasteiger partial charge in [0.1, 0.15) is 0 Å². The predicted octanol–water partition coefficient (Wildman–Crippen LogP) is 3.15. The minimum atomic E-state index is -0.459. The lowest BCUT2D eigenvalue weighted by molar-refractivity contribution is -0.308. The van der Waals surface area contributed by atoms with E-state index in [1.165, 1.54) is 5.56 Å². The van der Waals surface area contributed by atoms with Crippen molar-refractivity contribution in [2.45, 2.75) is 83.4 Å². The molecule has 33 heavy (non-hydrogen) atoms. The lowest BCUT2D eigenvalue weighted by atomic mass is 9.46. The Hall–Kier alpha value is -1.47. The molecule has 8 unspecified atom stereocenters. The highest BCUT2D eigenvalue weighted by molar-refractivity contribution is 5.77. The quantitative estimate of drug-likeness (QED) is 0.726. The largest absolute Gasteiger partial charge is 0.393 e. The van der Waals surface area contributed by atoms with Gasteiger partial charge in [-0.25, -0.2) is 0 Å². The van der Waals surface area contributed by atoms with Crippen LogP contribution < -0.4 is 0 Å². The van der Waals surface area contributed by atoms with Gasteiger partial charge in [0.05, 0.1) is 24.9 Å². The first-order chi connectivity index (χ1) is 15.8. The topological polar surface area (TPSA) is 79.2 Å². The van der Waals surface area contributed by atoms with Crippen LogP contribution in [-0.4, -0.2) is 65.3 Å². The number of aliphatic hydroxyl groups excluding tert-OH is 2. The van der Waals surface area contributed by atoms with Gasteiger partial charge in [-0.1, -0.05) is 44.2 Å². The molecular weight excluding hydrogens is 418 g/mol.